The smallest absolute Gasteiger partial charge is 0.226 e. The fraction of sp³-hybridized carbons (Fsp3) is 0.500. The molecule has 2 fully saturated rings. The maximum atomic E-state index is 12.7. The van der Waals surface area contributed by atoms with Crippen molar-refractivity contribution in [2.24, 2.45) is 5.92 Å². The fourth-order valence-corrected chi connectivity index (χ4v) is 5.12. The number of hydrogen-bond donors (Lipinski definition) is 1. The Kier molecular flexibility index (Phi) is 4.51. The Hall–Kier alpha value is -2.47. The van der Waals surface area contributed by atoms with Crippen LogP contribution >= 0.6 is 0 Å². The first-order chi connectivity index (χ1) is 13.8. The van der Waals surface area contributed by atoms with Gasteiger partial charge in [0.05, 0.1) is 18.6 Å². The first kappa shape index (κ1) is 17.6. The Morgan fingerprint density at radius 2 is 1.93 bits per heavy atom. The van der Waals surface area contributed by atoms with E-state index in [-0.39, 0.29) is 23.3 Å². The quantitative estimate of drug-likeness (QED) is 0.889. The molecule has 1 aliphatic carbocycles. The number of amides is 1. The van der Waals surface area contributed by atoms with Gasteiger partial charge in [0.15, 0.2) is 0 Å². The predicted octanol–water partition coefficient (Wildman–Crippen LogP) is 2.61. The minimum atomic E-state index is 0.000731. The third-order valence-electron chi connectivity index (χ3n) is 6.67. The van der Waals surface area contributed by atoms with Crippen molar-refractivity contribution in [2.75, 3.05) is 31.2 Å². The molecule has 2 atom stereocenters. The van der Waals surface area contributed by atoms with Crippen LogP contribution in [-0.2, 0) is 14.9 Å². The zero-order valence-corrected chi connectivity index (χ0v) is 16.0. The molecule has 1 N–H and O–H groups in total. The number of ether oxygens (including phenoxy) is 1. The number of hydrogen-bond acceptors (Lipinski definition) is 5. The van der Waals surface area contributed by atoms with Crippen molar-refractivity contribution < 1.29 is 9.53 Å². The van der Waals surface area contributed by atoms with Crippen LogP contribution in [0.1, 0.15) is 42.9 Å². The number of rotatable bonds is 3. The highest BCUT2D eigenvalue weighted by Gasteiger charge is 2.46. The van der Waals surface area contributed by atoms with Crippen LogP contribution in [0.15, 0.2) is 42.7 Å². The van der Waals surface area contributed by atoms with Crippen LogP contribution in [0.4, 0.5) is 5.95 Å². The second kappa shape index (κ2) is 7.17. The molecule has 1 aromatic heterocycles. The monoisotopic (exact) mass is 378 g/mol. The van der Waals surface area contributed by atoms with E-state index in [2.05, 4.69) is 44.5 Å². The molecule has 1 amide bonds. The summed E-state index contributed by atoms with van der Waals surface area (Å²) in [6.07, 6.45) is 7.53. The molecule has 3 heterocycles. The molecular weight excluding hydrogens is 352 g/mol. The lowest BCUT2D eigenvalue weighted by atomic mass is 9.73. The van der Waals surface area contributed by atoms with Crippen LogP contribution in [0.5, 0.6) is 0 Å². The summed E-state index contributed by atoms with van der Waals surface area (Å²) in [4.78, 5) is 23.8. The first-order valence-electron chi connectivity index (χ1n) is 10.2. The largest absolute Gasteiger partial charge is 0.381 e. The Balaban J connectivity index is 1.34. The van der Waals surface area contributed by atoms with Crippen molar-refractivity contribution in [1.82, 2.24) is 15.3 Å². The summed E-state index contributed by atoms with van der Waals surface area (Å²) in [5, 5.41) is 3.33. The van der Waals surface area contributed by atoms with Gasteiger partial charge >= 0.3 is 0 Å². The third-order valence-corrected chi connectivity index (χ3v) is 6.67. The summed E-state index contributed by atoms with van der Waals surface area (Å²) >= 11 is 0. The molecule has 2 saturated heterocycles. The molecule has 0 radical (unpaired) electrons. The first-order valence-corrected chi connectivity index (χ1v) is 10.2. The van der Waals surface area contributed by atoms with Crippen molar-refractivity contribution in [3.63, 3.8) is 0 Å². The van der Waals surface area contributed by atoms with E-state index in [4.69, 9.17) is 4.74 Å². The summed E-state index contributed by atoms with van der Waals surface area (Å²) in [5.41, 5.74) is 2.84. The minimum Gasteiger partial charge on any atom is -0.381 e. The van der Waals surface area contributed by atoms with Gasteiger partial charge in [-0.05, 0) is 42.9 Å². The molecule has 5 rings (SSSR count). The molecule has 6 heteroatoms. The van der Waals surface area contributed by atoms with Crippen LogP contribution in [0.3, 0.4) is 0 Å². The number of carbonyl (C=O) groups excluding carboxylic acids is 1. The van der Waals surface area contributed by atoms with Gasteiger partial charge in [0.25, 0.3) is 0 Å². The lowest BCUT2D eigenvalue weighted by molar-refractivity contribution is -0.125. The van der Waals surface area contributed by atoms with Gasteiger partial charge in [0.2, 0.25) is 11.9 Å². The molecule has 146 valence electrons. The predicted molar refractivity (Wildman–Crippen MR) is 106 cm³/mol. The maximum Gasteiger partial charge on any atom is 0.226 e. The number of benzene rings is 1. The Morgan fingerprint density at radius 3 is 2.68 bits per heavy atom. The highest BCUT2D eigenvalue weighted by atomic mass is 16.5. The fourth-order valence-electron chi connectivity index (χ4n) is 5.12. The van der Waals surface area contributed by atoms with Crippen LogP contribution in [0.2, 0.25) is 0 Å². The Bertz CT molecular complexity index is 843. The number of nitrogens with zero attached hydrogens (tertiary/aromatic N) is 3. The van der Waals surface area contributed by atoms with E-state index in [9.17, 15) is 4.79 Å². The zero-order chi connectivity index (χ0) is 19.0. The van der Waals surface area contributed by atoms with Crippen LogP contribution in [-0.4, -0.2) is 42.2 Å². The van der Waals surface area contributed by atoms with Crippen LogP contribution < -0.4 is 10.2 Å². The van der Waals surface area contributed by atoms with Crippen molar-refractivity contribution in [1.29, 1.82) is 0 Å². The molecule has 0 saturated carbocycles. The van der Waals surface area contributed by atoms with Gasteiger partial charge in [-0.25, -0.2) is 9.97 Å². The number of piperidine rings is 1. The van der Waals surface area contributed by atoms with Crippen LogP contribution in [0, 0.1) is 5.92 Å². The van der Waals surface area contributed by atoms with Gasteiger partial charge in [0, 0.05) is 37.5 Å². The number of carbonyl (C=O) groups is 1. The third kappa shape index (κ3) is 3.05. The SMILES string of the molecule is O=C(N[C@H]1CC2(CCN(c3ncccn3)CC2)c2ccccc21)[C@@H]1CCOC1. The average molecular weight is 378 g/mol. The van der Waals surface area contributed by atoms with Crippen molar-refractivity contribution >= 4 is 11.9 Å². The number of anilines is 1. The average Bonchev–Trinajstić information content (AvgIpc) is 3.38. The lowest BCUT2D eigenvalue weighted by Gasteiger charge is -2.40. The normalized spacial score (nSPS) is 25.6. The molecule has 3 aliphatic rings. The number of nitrogens with one attached hydrogen (secondary N) is 1. The van der Waals surface area contributed by atoms with Gasteiger partial charge in [-0.3, -0.25) is 4.79 Å². The van der Waals surface area contributed by atoms with Crippen molar-refractivity contribution in [3.8, 4) is 0 Å². The topological polar surface area (TPSA) is 67.4 Å². The van der Waals surface area contributed by atoms with E-state index in [1.54, 1.807) is 12.4 Å². The highest BCUT2D eigenvalue weighted by molar-refractivity contribution is 5.79. The van der Waals surface area contributed by atoms with Crippen LogP contribution in [0.25, 0.3) is 0 Å². The standard InChI is InChI=1S/C22H26N4O2/c27-20(16-6-13-28-15-16)25-19-14-22(18-5-2-1-4-17(18)19)7-11-26(12-8-22)21-23-9-3-10-24-21/h1-5,9-10,16,19H,6-8,11-15H2,(H,25,27)/t16-,19+/m1/s1. The van der Waals surface area contributed by atoms with Gasteiger partial charge in [-0.15, -0.1) is 0 Å². The minimum absolute atomic E-state index is 0.000731. The molecule has 0 unspecified atom stereocenters. The summed E-state index contributed by atoms with van der Waals surface area (Å²) in [7, 11) is 0. The molecule has 28 heavy (non-hydrogen) atoms. The summed E-state index contributed by atoms with van der Waals surface area (Å²) in [5.74, 6) is 0.958. The number of aromatic nitrogens is 2. The maximum absolute atomic E-state index is 12.7. The summed E-state index contributed by atoms with van der Waals surface area (Å²) in [6.45, 7) is 3.13. The van der Waals surface area contributed by atoms with E-state index in [1.807, 2.05) is 6.07 Å². The van der Waals surface area contributed by atoms with Crippen molar-refractivity contribution in [3.05, 3.63) is 53.9 Å². The molecular formula is C22H26N4O2. The molecule has 1 spiro atoms. The molecule has 0 bridgehead atoms. The van der Waals surface area contributed by atoms with Gasteiger partial charge in [-0.1, -0.05) is 24.3 Å². The zero-order valence-electron chi connectivity index (χ0n) is 16.0. The van der Waals surface area contributed by atoms with E-state index >= 15 is 0 Å². The lowest BCUT2D eigenvalue weighted by Crippen LogP contribution is -2.43. The number of fused-ring (bicyclic) bond motifs is 2. The van der Waals surface area contributed by atoms with E-state index in [0.29, 0.717) is 13.2 Å². The highest BCUT2D eigenvalue weighted by Crippen LogP contribution is 2.51. The van der Waals surface area contributed by atoms with Crippen molar-refractivity contribution in [2.45, 2.75) is 37.1 Å². The molecule has 1 aromatic carbocycles. The van der Waals surface area contributed by atoms with E-state index in [1.165, 1.54) is 11.1 Å². The van der Waals surface area contributed by atoms with Gasteiger partial charge in [0.1, 0.15) is 0 Å². The van der Waals surface area contributed by atoms with Gasteiger partial charge < -0.3 is 15.0 Å². The Labute approximate surface area is 165 Å². The summed E-state index contributed by atoms with van der Waals surface area (Å²) in [6, 6.07) is 10.6. The molecule has 2 aliphatic heterocycles. The summed E-state index contributed by atoms with van der Waals surface area (Å²) < 4.78 is 5.40. The second-order valence-electron chi connectivity index (χ2n) is 8.23. The second-order valence-corrected chi connectivity index (χ2v) is 8.23. The van der Waals surface area contributed by atoms with E-state index < -0.39 is 0 Å². The van der Waals surface area contributed by atoms with Gasteiger partial charge in [-0.2, -0.15) is 0 Å². The molecule has 2 aromatic rings. The molecule has 6 nitrogen and oxygen atoms in total. The van der Waals surface area contributed by atoms with E-state index in [0.717, 1.165) is 44.7 Å². The Morgan fingerprint density at radius 1 is 1.14 bits per heavy atom.